The molecule has 1 aromatic heterocycles. The van der Waals surface area contributed by atoms with Crippen LogP contribution in [0.3, 0.4) is 0 Å². The molecule has 1 saturated heterocycles. The van der Waals surface area contributed by atoms with Crippen LogP contribution in [0.5, 0.6) is 0 Å². The quantitative estimate of drug-likeness (QED) is 0.822. The van der Waals surface area contributed by atoms with Crippen LogP contribution in [0.2, 0.25) is 0 Å². The van der Waals surface area contributed by atoms with Gasteiger partial charge in [-0.1, -0.05) is 6.92 Å². The fourth-order valence-corrected chi connectivity index (χ4v) is 2.23. The minimum Gasteiger partial charge on any atom is -0.379 e. The van der Waals surface area contributed by atoms with Gasteiger partial charge in [0.1, 0.15) is 5.82 Å². The van der Waals surface area contributed by atoms with E-state index in [0.29, 0.717) is 5.25 Å². The summed E-state index contributed by atoms with van der Waals surface area (Å²) in [6, 6.07) is 0. The molecule has 0 atom stereocenters. The van der Waals surface area contributed by atoms with Gasteiger partial charge in [0.15, 0.2) is 0 Å². The van der Waals surface area contributed by atoms with Crippen molar-refractivity contribution in [3.63, 3.8) is 0 Å². The fourth-order valence-electron chi connectivity index (χ4n) is 1.29. The topological polar surface area (TPSA) is 47.0 Å². The zero-order chi connectivity index (χ0) is 11.2. The molecule has 1 aromatic rings. The van der Waals surface area contributed by atoms with Crippen LogP contribution in [-0.2, 0) is 10.5 Å². The monoisotopic (exact) mass is 239 g/mol. The molecule has 0 radical (unpaired) electrons. The zero-order valence-electron chi connectivity index (χ0n) is 9.48. The number of nitrogens with zero attached hydrogens (tertiary/aromatic N) is 2. The van der Waals surface area contributed by atoms with Crippen molar-refractivity contribution < 1.29 is 4.74 Å². The van der Waals surface area contributed by atoms with E-state index in [1.54, 1.807) is 0 Å². The second kappa shape index (κ2) is 6.06. The van der Waals surface area contributed by atoms with Crippen LogP contribution in [0, 0.1) is 0 Å². The van der Waals surface area contributed by atoms with E-state index in [-0.39, 0.29) is 0 Å². The highest BCUT2D eigenvalue weighted by atomic mass is 32.2. The smallest absolute Gasteiger partial charge is 0.144 e. The Morgan fingerprint density at radius 2 is 2.31 bits per heavy atom. The van der Waals surface area contributed by atoms with Crippen molar-refractivity contribution >= 4 is 17.6 Å². The Kier molecular flexibility index (Phi) is 4.42. The molecular formula is C11H17N3OS. The molecule has 0 bridgehead atoms. The fraction of sp³-hybridized carbons (Fsp3) is 0.636. The van der Waals surface area contributed by atoms with E-state index in [1.807, 2.05) is 24.2 Å². The van der Waals surface area contributed by atoms with Gasteiger partial charge < -0.3 is 10.1 Å². The maximum atomic E-state index is 5.12. The van der Waals surface area contributed by atoms with Crippen LogP contribution in [0.15, 0.2) is 12.4 Å². The van der Waals surface area contributed by atoms with Crippen molar-refractivity contribution in [2.24, 2.45) is 0 Å². The number of thioether (sulfide) groups is 1. The van der Waals surface area contributed by atoms with Gasteiger partial charge in [0.25, 0.3) is 0 Å². The van der Waals surface area contributed by atoms with Crippen molar-refractivity contribution in [1.82, 2.24) is 9.97 Å². The zero-order valence-corrected chi connectivity index (χ0v) is 10.3. The molecule has 88 valence electrons. The Balaban J connectivity index is 1.76. The molecular weight excluding hydrogens is 222 g/mol. The molecule has 4 nitrogen and oxygen atoms in total. The van der Waals surface area contributed by atoms with Gasteiger partial charge >= 0.3 is 0 Å². The summed E-state index contributed by atoms with van der Waals surface area (Å²) in [7, 11) is 0. The number of hydrogen-bond donors (Lipinski definition) is 1. The number of rotatable bonds is 6. The van der Waals surface area contributed by atoms with Crippen molar-refractivity contribution in [3.05, 3.63) is 18.1 Å². The Morgan fingerprint density at radius 3 is 2.88 bits per heavy atom. The van der Waals surface area contributed by atoms with E-state index in [1.165, 1.54) is 0 Å². The number of ether oxygens (including phenoxy) is 1. The number of nitrogens with one attached hydrogen (secondary N) is 1. The number of aromatic nitrogens is 2. The summed E-state index contributed by atoms with van der Waals surface area (Å²) < 4.78 is 5.12. The normalized spacial score (nSPS) is 15.8. The first-order valence-corrected chi connectivity index (χ1v) is 6.67. The van der Waals surface area contributed by atoms with Gasteiger partial charge in [0, 0.05) is 12.3 Å². The van der Waals surface area contributed by atoms with Crippen LogP contribution >= 0.6 is 11.8 Å². The van der Waals surface area contributed by atoms with Crippen LogP contribution in [-0.4, -0.2) is 35.0 Å². The third-order valence-electron chi connectivity index (χ3n) is 2.34. The van der Waals surface area contributed by atoms with Crippen molar-refractivity contribution in [2.45, 2.75) is 24.3 Å². The standard InChI is InChI=1S/C11H17N3OS/c1-2-3-12-11-5-13-9(4-14-11)8-16-10-6-15-7-10/h4-5,10H,2-3,6-8H2,1H3,(H,12,14). The predicted molar refractivity (Wildman–Crippen MR) is 66.7 cm³/mol. The third kappa shape index (κ3) is 3.35. The van der Waals surface area contributed by atoms with Gasteiger partial charge in [0.05, 0.1) is 36.6 Å². The highest BCUT2D eigenvalue weighted by molar-refractivity contribution is 7.99. The van der Waals surface area contributed by atoms with Crippen LogP contribution in [0.4, 0.5) is 5.82 Å². The average molecular weight is 239 g/mol. The summed E-state index contributed by atoms with van der Waals surface area (Å²) in [4.78, 5) is 8.70. The van der Waals surface area contributed by atoms with Crippen LogP contribution in [0.1, 0.15) is 19.0 Å². The lowest BCUT2D eigenvalue weighted by molar-refractivity contribution is 0.0455. The van der Waals surface area contributed by atoms with Gasteiger partial charge in [-0.2, -0.15) is 0 Å². The Morgan fingerprint density at radius 1 is 1.44 bits per heavy atom. The first-order valence-electron chi connectivity index (χ1n) is 5.62. The van der Waals surface area contributed by atoms with Crippen molar-refractivity contribution in [1.29, 1.82) is 0 Å². The lowest BCUT2D eigenvalue weighted by Gasteiger charge is -2.24. The molecule has 1 aliphatic rings. The molecule has 0 unspecified atom stereocenters. The van der Waals surface area contributed by atoms with Crippen LogP contribution in [0.25, 0.3) is 0 Å². The molecule has 5 heteroatoms. The molecule has 2 heterocycles. The molecule has 1 N–H and O–H groups in total. The van der Waals surface area contributed by atoms with Gasteiger partial charge in [-0.15, -0.1) is 11.8 Å². The lowest BCUT2D eigenvalue weighted by Crippen LogP contribution is -2.30. The third-order valence-corrected chi connectivity index (χ3v) is 3.54. The molecule has 2 rings (SSSR count). The molecule has 0 spiro atoms. The van der Waals surface area contributed by atoms with E-state index >= 15 is 0 Å². The van der Waals surface area contributed by atoms with Gasteiger partial charge in [-0.25, -0.2) is 4.98 Å². The maximum Gasteiger partial charge on any atom is 0.144 e. The summed E-state index contributed by atoms with van der Waals surface area (Å²) >= 11 is 1.89. The van der Waals surface area contributed by atoms with E-state index in [0.717, 1.165) is 43.4 Å². The first-order chi connectivity index (χ1) is 7.88. The Labute approximate surface area is 100 Å². The molecule has 0 amide bonds. The second-order valence-corrected chi connectivity index (χ2v) is 5.08. The average Bonchev–Trinajstić information content (AvgIpc) is 2.26. The summed E-state index contributed by atoms with van der Waals surface area (Å²) in [6.07, 6.45) is 4.76. The summed E-state index contributed by atoms with van der Waals surface area (Å²) in [6.45, 7) is 4.84. The molecule has 0 saturated carbocycles. The lowest BCUT2D eigenvalue weighted by atomic mass is 10.4. The minimum absolute atomic E-state index is 0.652. The Hall–Kier alpha value is -0.810. The van der Waals surface area contributed by atoms with E-state index in [9.17, 15) is 0 Å². The maximum absolute atomic E-state index is 5.12. The van der Waals surface area contributed by atoms with Gasteiger partial charge in [0.2, 0.25) is 0 Å². The Bertz CT molecular complexity index is 314. The number of anilines is 1. The summed E-state index contributed by atoms with van der Waals surface area (Å²) in [5.41, 5.74) is 1.04. The van der Waals surface area contributed by atoms with Gasteiger partial charge in [-0.3, -0.25) is 4.98 Å². The molecule has 0 aliphatic carbocycles. The predicted octanol–water partition coefficient (Wildman–Crippen LogP) is 1.93. The van der Waals surface area contributed by atoms with E-state index < -0.39 is 0 Å². The second-order valence-electron chi connectivity index (χ2n) is 3.79. The summed E-state index contributed by atoms with van der Waals surface area (Å²) in [5, 5.41) is 3.86. The SMILES string of the molecule is CCCNc1cnc(CSC2COC2)cn1. The van der Waals surface area contributed by atoms with Crippen LogP contribution < -0.4 is 5.32 Å². The molecule has 16 heavy (non-hydrogen) atoms. The van der Waals surface area contributed by atoms with Gasteiger partial charge in [-0.05, 0) is 6.42 Å². The van der Waals surface area contributed by atoms with E-state index in [2.05, 4.69) is 22.2 Å². The first kappa shape index (κ1) is 11.7. The largest absolute Gasteiger partial charge is 0.379 e. The highest BCUT2D eigenvalue weighted by Crippen LogP contribution is 2.22. The molecule has 1 fully saturated rings. The van der Waals surface area contributed by atoms with Crippen molar-refractivity contribution in [3.8, 4) is 0 Å². The number of hydrogen-bond acceptors (Lipinski definition) is 5. The molecule has 1 aliphatic heterocycles. The minimum atomic E-state index is 0.652. The van der Waals surface area contributed by atoms with Crippen molar-refractivity contribution in [2.75, 3.05) is 25.1 Å². The van der Waals surface area contributed by atoms with E-state index in [4.69, 9.17) is 4.74 Å². The molecule has 0 aromatic carbocycles. The highest BCUT2D eigenvalue weighted by Gasteiger charge is 2.18. The summed E-state index contributed by atoms with van der Waals surface area (Å²) in [5.74, 6) is 1.79.